The molecular weight excluding hydrogens is 440 g/mol. The van der Waals surface area contributed by atoms with E-state index in [0.29, 0.717) is 22.5 Å². The van der Waals surface area contributed by atoms with Gasteiger partial charge < -0.3 is 20.9 Å². The van der Waals surface area contributed by atoms with Crippen molar-refractivity contribution in [2.24, 2.45) is 0 Å². The van der Waals surface area contributed by atoms with Crippen molar-refractivity contribution in [1.82, 2.24) is 4.90 Å². The highest BCUT2D eigenvalue weighted by Gasteiger charge is 2.17. The van der Waals surface area contributed by atoms with Gasteiger partial charge in [-0.05, 0) is 67.4 Å². The minimum atomic E-state index is -0.221. The molecule has 7 nitrogen and oxygen atoms in total. The molecule has 0 saturated carbocycles. The number of carbonyl (C=O) groups excluding carboxylic acids is 3. The van der Waals surface area contributed by atoms with Gasteiger partial charge in [0, 0.05) is 41.3 Å². The lowest BCUT2D eigenvalue weighted by Crippen LogP contribution is -2.31. The molecule has 3 N–H and O–H groups in total. The number of carbonyl (C=O) groups is 3. The van der Waals surface area contributed by atoms with Gasteiger partial charge in [0.1, 0.15) is 0 Å². The van der Waals surface area contributed by atoms with Crippen LogP contribution in [0.5, 0.6) is 0 Å². The van der Waals surface area contributed by atoms with Gasteiger partial charge in [-0.15, -0.1) is 0 Å². The summed E-state index contributed by atoms with van der Waals surface area (Å²) in [6, 6.07) is 23.2. The number of amides is 3. The van der Waals surface area contributed by atoms with E-state index in [4.69, 9.17) is 0 Å². The molecule has 0 spiro atoms. The summed E-state index contributed by atoms with van der Waals surface area (Å²) in [5.74, 6) is -0.370. The molecule has 180 valence electrons. The predicted molar refractivity (Wildman–Crippen MR) is 139 cm³/mol. The van der Waals surface area contributed by atoms with Crippen LogP contribution in [0.2, 0.25) is 0 Å². The van der Waals surface area contributed by atoms with Gasteiger partial charge in [-0.25, -0.2) is 0 Å². The fourth-order valence-corrected chi connectivity index (χ4v) is 4.04. The van der Waals surface area contributed by atoms with Crippen LogP contribution in [0.4, 0.5) is 17.1 Å². The number of likely N-dealkylation sites (tertiary alicyclic amines) is 1. The summed E-state index contributed by atoms with van der Waals surface area (Å²) in [5, 5.41) is 8.75. The predicted octanol–water partition coefficient (Wildman–Crippen LogP) is 5.01. The van der Waals surface area contributed by atoms with E-state index in [9.17, 15) is 14.4 Å². The Morgan fingerprint density at radius 3 is 2.00 bits per heavy atom. The molecule has 0 atom stereocenters. The Kier molecular flexibility index (Phi) is 8.12. The van der Waals surface area contributed by atoms with Gasteiger partial charge in [0.15, 0.2) is 0 Å². The van der Waals surface area contributed by atoms with Crippen LogP contribution in [0.15, 0.2) is 78.9 Å². The third-order valence-corrected chi connectivity index (χ3v) is 5.92. The molecule has 1 aliphatic rings. The maximum Gasteiger partial charge on any atom is 0.255 e. The Hall–Kier alpha value is -4.13. The van der Waals surface area contributed by atoms with Gasteiger partial charge in [0.05, 0.1) is 6.54 Å². The lowest BCUT2D eigenvalue weighted by Gasteiger charge is -2.20. The number of hydrogen-bond acceptors (Lipinski definition) is 4. The smallest absolute Gasteiger partial charge is 0.255 e. The van der Waals surface area contributed by atoms with Gasteiger partial charge in [-0.2, -0.15) is 0 Å². The van der Waals surface area contributed by atoms with Gasteiger partial charge in [-0.1, -0.05) is 37.1 Å². The summed E-state index contributed by atoms with van der Waals surface area (Å²) in [5.41, 5.74) is 3.16. The van der Waals surface area contributed by atoms with Crippen molar-refractivity contribution in [3.8, 4) is 0 Å². The first-order valence-corrected chi connectivity index (χ1v) is 12.0. The molecule has 1 saturated heterocycles. The molecule has 0 bridgehead atoms. The van der Waals surface area contributed by atoms with Gasteiger partial charge in [0.2, 0.25) is 5.91 Å². The Bertz CT molecular complexity index is 1150. The average Bonchev–Trinajstić information content (AvgIpc) is 3.18. The zero-order valence-corrected chi connectivity index (χ0v) is 19.6. The highest BCUT2D eigenvalue weighted by atomic mass is 16.2. The van der Waals surface area contributed by atoms with Crippen molar-refractivity contribution < 1.29 is 14.4 Å². The van der Waals surface area contributed by atoms with E-state index in [1.165, 1.54) is 12.8 Å². The minimum absolute atomic E-state index is 0.0652. The van der Waals surface area contributed by atoms with Gasteiger partial charge >= 0.3 is 0 Å². The van der Waals surface area contributed by atoms with Crippen LogP contribution >= 0.6 is 0 Å². The molecule has 7 heteroatoms. The van der Waals surface area contributed by atoms with Crippen molar-refractivity contribution >= 4 is 34.8 Å². The molecule has 3 amide bonds. The van der Waals surface area contributed by atoms with Crippen LogP contribution in [-0.2, 0) is 4.79 Å². The summed E-state index contributed by atoms with van der Waals surface area (Å²) < 4.78 is 0. The van der Waals surface area contributed by atoms with Crippen LogP contribution < -0.4 is 16.0 Å². The number of hydrogen-bond donors (Lipinski definition) is 3. The van der Waals surface area contributed by atoms with Crippen molar-refractivity contribution in [2.45, 2.75) is 25.7 Å². The summed E-state index contributed by atoms with van der Waals surface area (Å²) in [7, 11) is 0. The van der Waals surface area contributed by atoms with Crippen LogP contribution in [0, 0.1) is 0 Å². The third kappa shape index (κ3) is 6.93. The number of benzene rings is 3. The van der Waals surface area contributed by atoms with Crippen molar-refractivity contribution in [2.75, 3.05) is 35.6 Å². The molecule has 0 aromatic heterocycles. The first-order valence-electron chi connectivity index (χ1n) is 12.0. The normalized spacial score (nSPS) is 13.4. The molecule has 1 fully saturated rings. The summed E-state index contributed by atoms with van der Waals surface area (Å²) in [6.45, 7) is 1.70. The van der Waals surface area contributed by atoms with Gasteiger partial charge in [0.25, 0.3) is 11.8 Å². The molecule has 35 heavy (non-hydrogen) atoms. The maximum atomic E-state index is 12.7. The Balaban J connectivity index is 1.27. The van der Waals surface area contributed by atoms with E-state index in [0.717, 1.165) is 31.6 Å². The van der Waals surface area contributed by atoms with E-state index >= 15 is 0 Å². The second-order valence-electron chi connectivity index (χ2n) is 8.59. The minimum Gasteiger partial charge on any atom is -0.376 e. The van der Waals surface area contributed by atoms with Crippen LogP contribution in [0.3, 0.4) is 0 Å². The summed E-state index contributed by atoms with van der Waals surface area (Å²) in [6.07, 6.45) is 4.48. The van der Waals surface area contributed by atoms with E-state index in [-0.39, 0.29) is 24.3 Å². The van der Waals surface area contributed by atoms with Crippen molar-refractivity contribution in [3.05, 3.63) is 90.0 Å². The molecule has 3 aromatic rings. The van der Waals surface area contributed by atoms with Crippen molar-refractivity contribution in [1.29, 1.82) is 0 Å². The third-order valence-electron chi connectivity index (χ3n) is 5.92. The molecule has 3 aromatic carbocycles. The Morgan fingerprint density at radius 1 is 0.657 bits per heavy atom. The van der Waals surface area contributed by atoms with Crippen LogP contribution in [-0.4, -0.2) is 42.3 Å². The van der Waals surface area contributed by atoms with E-state index in [2.05, 4.69) is 16.0 Å². The van der Waals surface area contributed by atoms with E-state index in [1.54, 1.807) is 60.7 Å². The van der Waals surface area contributed by atoms with E-state index < -0.39 is 0 Å². The highest BCUT2D eigenvalue weighted by Crippen LogP contribution is 2.17. The second-order valence-corrected chi connectivity index (χ2v) is 8.59. The topological polar surface area (TPSA) is 90.5 Å². The molecule has 4 rings (SSSR count). The zero-order chi connectivity index (χ0) is 24.5. The molecule has 0 unspecified atom stereocenters. The molecule has 1 heterocycles. The first kappa shape index (κ1) is 24.0. The number of nitrogens with zero attached hydrogens (tertiary/aromatic N) is 1. The highest BCUT2D eigenvalue weighted by molar-refractivity contribution is 6.04. The van der Waals surface area contributed by atoms with E-state index in [1.807, 2.05) is 23.1 Å². The second kappa shape index (κ2) is 11.8. The largest absolute Gasteiger partial charge is 0.376 e. The zero-order valence-electron chi connectivity index (χ0n) is 19.6. The quantitative estimate of drug-likeness (QED) is 0.453. The standard InChI is InChI=1S/C28H30N4O3/c33-26(30-24-11-8-12-25(19-24)31-27(34)21-9-4-3-5-10-21)20-29-23-15-13-22(14-16-23)28(35)32-17-6-1-2-7-18-32/h3-5,8-16,19,29H,1-2,6-7,17-18,20H2,(H,30,33)(H,31,34). The molecule has 0 aliphatic carbocycles. The van der Waals surface area contributed by atoms with Gasteiger partial charge in [-0.3, -0.25) is 14.4 Å². The molecule has 1 aliphatic heterocycles. The summed E-state index contributed by atoms with van der Waals surface area (Å²) in [4.78, 5) is 39.4. The SMILES string of the molecule is O=C(CNc1ccc(C(=O)N2CCCCCC2)cc1)Nc1cccc(NC(=O)c2ccccc2)c1. The fraction of sp³-hybridized carbons (Fsp3) is 0.250. The van der Waals surface area contributed by atoms with Crippen LogP contribution in [0.25, 0.3) is 0 Å². The monoisotopic (exact) mass is 470 g/mol. The lowest BCUT2D eigenvalue weighted by molar-refractivity contribution is -0.114. The summed E-state index contributed by atoms with van der Waals surface area (Å²) >= 11 is 0. The van der Waals surface area contributed by atoms with Crippen molar-refractivity contribution in [3.63, 3.8) is 0 Å². The average molecular weight is 471 g/mol. The molecular formula is C28H30N4O3. The number of nitrogens with one attached hydrogen (secondary N) is 3. The number of anilines is 3. The molecule has 0 radical (unpaired) electrons. The first-order chi connectivity index (χ1) is 17.1. The van der Waals surface area contributed by atoms with Crippen LogP contribution in [0.1, 0.15) is 46.4 Å². The lowest BCUT2D eigenvalue weighted by atomic mass is 10.1. The Labute approximate surface area is 205 Å². The fourth-order valence-electron chi connectivity index (χ4n) is 4.04. The Morgan fingerprint density at radius 2 is 1.31 bits per heavy atom. The number of rotatable bonds is 7. The maximum absolute atomic E-state index is 12.7.